The first-order chi connectivity index (χ1) is 12.4. The first-order valence-electron chi connectivity index (χ1n) is 8.01. The molecule has 0 spiro atoms. The van der Waals surface area contributed by atoms with Gasteiger partial charge in [-0.2, -0.15) is 0 Å². The summed E-state index contributed by atoms with van der Waals surface area (Å²) in [5.74, 6) is -1.31. The van der Waals surface area contributed by atoms with Crippen LogP contribution in [0.15, 0.2) is 48.5 Å². The zero-order valence-electron chi connectivity index (χ0n) is 13.4. The number of anilines is 1. The third-order valence-corrected chi connectivity index (χ3v) is 5.45. The lowest BCUT2D eigenvalue weighted by Gasteiger charge is -2.14. The van der Waals surface area contributed by atoms with Gasteiger partial charge in [-0.05, 0) is 42.8 Å². The molecule has 132 valence electrons. The van der Waals surface area contributed by atoms with Crippen LogP contribution in [0.3, 0.4) is 0 Å². The molecule has 0 unspecified atom stereocenters. The van der Waals surface area contributed by atoms with E-state index in [9.17, 15) is 14.4 Å². The lowest BCUT2D eigenvalue weighted by Crippen LogP contribution is -2.29. The molecule has 26 heavy (non-hydrogen) atoms. The second-order valence-corrected chi connectivity index (χ2v) is 7.84. The number of halogens is 2. The molecule has 2 aromatic rings. The second-order valence-electron chi connectivity index (χ2n) is 6.30. The van der Waals surface area contributed by atoms with E-state index in [4.69, 9.17) is 27.9 Å². The predicted octanol–water partition coefficient (Wildman–Crippen LogP) is 3.84. The Bertz CT molecular complexity index is 888. The maximum atomic E-state index is 12.5. The summed E-state index contributed by atoms with van der Waals surface area (Å²) >= 11 is 11.8. The van der Waals surface area contributed by atoms with Crippen LogP contribution in [0.25, 0.3) is 0 Å². The number of hydrogen-bond acceptors (Lipinski definition) is 4. The molecule has 1 atom stereocenters. The maximum absolute atomic E-state index is 12.5. The number of nitrogens with zero attached hydrogens (tertiary/aromatic N) is 1. The molecule has 0 saturated heterocycles. The second kappa shape index (κ2) is 6.11. The summed E-state index contributed by atoms with van der Waals surface area (Å²) in [7, 11) is 0. The van der Waals surface area contributed by atoms with E-state index >= 15 is 0 Å². The van der Waals surface area contributed by atoms with Crippen molar-refractivity contribution in [1.82, 2.24) is 0 Å². The molecule has 2 aromatic carbocycles. The largest absolute Gasteiger partial charge is 0.462 e. The Kier molecular flexibility index (Phi) is 4.01. The molecule has 0 radical (unpaired) electrons. The molecule has 4 rings (SSSR count). The molecule has 1 saturated carbocycles. The van der Waals surface area contributed by atoms with E-state index in [-0.39, 0.29) is 24.3 Å². The van der Waals surface area contributed by atoms with E-state index in [0.29, 0.717) is 28.8 Å². The summed E-state index contributed by atoms with van der Waals surface area (Å²) in [5, 5.41) is 0. The van der Waals surface area contributed by atoms with Gasteiger partial charge in [0.2, 0.25) is 0 Å². The lowest BCUT2D eigenvalue weighted by atomic mass is 10.1. The first kappa shape index (κ1) is 17.1. The number of imide groups is 1. The van der Waals surface area contributed by atoms with E-state index in [1.54, 1.807) is 36.4 Å². The van der Waals surface area contributed by atoms with Crippen molar-refractivity contribution in [1.29, 1.82) is 0 Å². The number of fused-ring (bicyclic) bond motifs is 1. The Morgan fingerprint density at radius 1 is 1.04 bits per heavy atom. The Balaban J connectivity index is 1.47. The topological polar surface area (TPSA) is 63.7 Å². The van der Waals surface area contributed by atoms with Gasteiger partial charge >= 0.3 is 5.97 Å². The van der Waals surface area contributed by atoms with Crippen LogP contribution in [0.2, 0.25) is 0 Å². The fraction of sp³-hybridized carbons (Fsp3) is 0.211. The Hall–Kier alpha value is -2.37. The van der Waals surface area contributed by atoms with Crippen molar-refractivity contribution in [3.63, 3.8) is 0 Å². The van der Waals surface area contributed by atoms with Crippen LogP contribution >= 0.6 is 23.2 Å². The summed E-state index contributed by atoms with van der Waals surface area (Å²) in [6, 6.07) is 12.8. The van der Waals surface area contributed by atoms with E-state index < -0.39 is 10.3 Å². The minimum absolute atomic E-state index is 0.0487. The molecular weight excluding hydrogens is 377 g/mol. The van der Waals surface area contributed by atoms with Crippen molar-refractivity contribution in [3.8, 4) is 0 Å². The van der Waals surface area contributed by atoms with Crippen molar-refractivity contribution >= 4 is 46.7 Å². The quantitative estimate of drug-likeness (QED) is 0.452. The van der Waals surface area contributed by atoms with E-state index in [1.807, 2.05) is 0 Å². The van der Waals surface area contributed by atoms with Crippen LogP contribution in [0.5, 0.6) is 0 Å². The van der Waals surface area contributed by atoms with Crippen LogP contribution in [0, 0.1) is 5.92 Å². The highest BCUT2D eigenvalue weighted by molar-refractivity contribution is 6.50. The highest BCUT2D eigenvalue weighted by Crippen LogP contribution is 2.53. The first-order valence-corrected chi connectivity index (χ1v) is 8.77. The van der Waals surface area contributed by atoms with Crippen LogP contribution in [-0.2, 0) is 4.74 Å². The molecule has 0 aromatic heterocycles. The minimum atomic E-state index is -0.796. The van der Waals surface area contributed by atoms with Crippen molar-refractivity contribution in [2.24, 2.45) is 5.92 Å². The SMILES string of the molecule is O=C(OC[C@@H]1CC1(Cl)Cl)c1ccc(N2C(=O)c3ccccc3C2=O)cc1. The number of ether oxygens (including phenoxy) is 1. The molecule has 1 heterocycles. The number of alkyl halides is 2. The number of rotatable bonds is 4. The lowest BCUT2D eigenvalue weighted by molar-refractivity contribution is 0.0485. The zero-order valence-corrected chi connectivity index (χ0v) is 15.0. The Morgan fingerprint density at radius 2 is 1.58 bits per heavy atom. The molecule has 0 N–H and O–H groups in total. The van der Waals surface area contributed by atoms with Gasteiger partial charge in [0, 0.05) is 5.92 Å². The normalized spacial score (nSPS) is 20.1. The molecule has 0 bridgehead atoms. The van der Waals surface area contributed by atoms with E-state index in [2.05, 4.69) is 0 Å². The number of carbonyl (C=O) groups excluding carboxylic acids is 3. The summed E-state index contributed by atoms with van der Waals surface area (Å²) in [5.41, 5.74) is 1.46. The number of amides is 2. The number of esters is 1. The van der Waals surface area contributed by atoms with Crippen LogP contribution in [0.4, 0.5) is 5.69 Å². The van der Waals surface area contributed by atoms with E-state index in [1.165, 1.54) is 12.1 Å². The van der Waals surface area contributed by atoms with Gasteiger partial charge in [-0.15, -0.1) is 23.2 Å². The summed E-state index contributed by atoms with van der Waals surface area (Å²) in [4.78, 5) is 38.1. The highest BCUT2D eigenvalue weighted by atomic mass is 35.5. The van der Waals surface area contributed by atoms with Crippen molar-refractivity contribution in [2.75, 3.05) is 11.5 Å². The Labute approximate surface area is 159 Å². The minimum Gasteiger partial charge on any atom is -0.462 e. The van der Waals surface area contributed by atoms with Gasteiger partial charge in [-0.1, -0.05) is 12.1 Å². The van der Waals surface area contributed by atoms with Gasteiger partial charge in [0.1, 0.15) is 4.33 Å². The highest BCUT2D eigenvalue weighted by Gasteiger charge is 2.52. The molecule has 1 aliphatic carbocycles. The van der Waals surface area contributed by atoms with Gasteiger partial charge in [0.25, 0.3) is 11.8 Å². The van der Waals surface area contributed by atoms with Gasteiger partial charge in [0.15, 0.2) is 0 Å². The number of carbonyl (C=O) groups is 3. The van der Waals surface area contributed by atoms with E-state index in [0.717, 1.165) is 4.90 Å². The van der Waals surface area contributed by atoms with Gasteiger partial charge in [0.05, 0.1) is 29.0 Å². The predicted molar refractivity (Wildman–Crippen MR) is 96.9 cm³/mol. The zero-order chi connectivity index (χ0) is 18.5. The maximum Gasteiger partial charge on any atom is 0.338 e. The Morgan fingerprint density at radius 3 is 2.08 bits per heavy atom. The monoisotopic (exact) mass is 389 g/mol. The molecular formula is C19H13Cl2NO4. The molecule has 1 fully saturated rings. The van der Waals surface area contributed by atoms with Gasteiger partial charge < -0.3 is 4.74 Å². The average Bonchev–Trinajstić information content (AvgIpc) is 3.18. The summed E-state index contributed by atoms with van der Waals surface area (Å²) < 4.78 is 4.39. The standard InChI is InChI=1S/C19H13Cl2NO4/c20-19(21)9-12(19)10-26-18(25)11-5-7-13(8-6-11)22-16(23)14-3-1-2-4-15(14)17(22)24/h1-8,12H,9-10H2/t12-/m0/s1. The third-order valence-electron chi connectivity index (χ3n) is 4.53. The number of benzene rings is 2. The van der Waals surface area contributed by atoms with Crippen molar-refractivity contribution in [2.45, 2.75) is 10.8 Å². The van der Waals surface area contributed by atoms with Crippen LogP contribution in [0.1, 0.15) is 37.5 Å². The smallest absolute Gasteiger partial charge is 0.338 e. The van der Waals surface area contributed by atoms with Crippen LogP contribution < -0.4 is 4.90 Å². The van der Waals surface area contributed by atoms with Crippen molar-refractivity contribution < 1.29 is 19.1 Å². The van der Waals surface area contributed by atoms with Gasteiger partial charge in [-0.3, -0.25) is 9.59 Å². The fourth-order valence-electron chi connectivity index (χ4n) is 2.88. The van der Waals surface area contributed by atoms with Crippen molar-refractivity contribution in [3.05, 3.63) is 65.2 Å². The number of hydrogen-bond donors (Lipinski definition) is 0. The summed E-state index contributed by atoms with van der Waals surface area (Å²) in [6.45, 7) is 0.159. The third kappa shape index (κ3) is 2.87. The molecule has 5 nitrogen and oxygen atoms in total. The molecule has 7 heteroatoms. The average molecular weight is 390 g/mol. The van der Waals surface area contributed by atoms with Gasteiger partial charge in [-0.25, -0.2) is 9.69 Å². The summed E-state index contributed by atoms with van der Waals surface area (Å²) in [6.07, 6.45) is 0.599. The molecule has 1 aliphatic heterocycles. The molecule has 2 amide bonds. The fourth-order valence-corrected chi connectivity index (χ4v) is 3.38. The molecule has 2 aliphatic rings. The van der Waals surface area contributed by atoms with Crippen LogP contribution in [-0.4, -0.2) is 28.7 Å².